The van der Waals surface area contributed by atoms with Crippen molar-refractivity contribution in [2.75, 3.05) is 0 Å². The molecule has 0 unspecified atom stereocenters. The van der Waals surface area contributed by atoms with Gasteiger partial charge in [-0.05, 0) is 90.9 Å². The first-order chi connectivity index (χ1) is 35.2. The van der Waals surface area contributed by atoms with E-state index in [-0.39, 0.29) is 17.5 Å². The molecule has 0 saturated heterocycles. The minimum Gasteiger partial charge on any atom is -0.456 e. The predicted molar refractivity (Wildman–Crippen MR) is 227 cm³/mol. The minimum absolute atomic E-state index is 0.0923. The smallest absolute Gasteiger partial charge is 0.164 e. The number of rotatable bonds is 5. The maximum atomic E-state index is 9.64. The molecule has 4 nitrogen and oxygen atoms in total. The van der Waals surface area contributed by atoms with E-state index in [2.05, 4.69) is 4.98 Å². The van der Waals surface area contributed by atoms with Gasteiger partial charge in [-0.3, -0.25) is 0 Å². The van der Waals surface area contributed by atoms with E-state index in [1.807, 2.05) is 30.3 Å². The lowest BCUT2D eigenvalue weighted by Crippen LogP contribution is -2.00. The Labute approximate surface area is 343 Å². The summed E-state index contributed by atoms with van der Waals surface area (Å²) in [5, 5.41) is -1.06. The molecule has 256 valence electrons. The highest BCUT2D eigenvalue weighted by molar-refractivity contribution is 6.25. The fourth-order valence-corrected chi connectivity index (χ4v) is 6.62. The number of hydrogen-bond acceptors (Lipinski definition) is 4. The molecule has 11 rings (SSSR count). The number of benzene rings is 9. The van der Waals surface area contributed by atoms with E-state index in [4.69, 9.17) is 29.5 Å². The number of hydrogen-bond donors (Lipinski definition) is 0. The van der Waals surface area contributed by atoms with Crippen LogP contribution in [0.5, 0.6) is 0 Å². The third-order valence-corrected chi connectivity index (χ3v) is 9.21. The number of fused-ring (bicyclic) bond motifs is 9. The normalized spacial score (nSPS) is 16.5. The van der Waals surface area contributed by atoms with Gasteiger partial charge in [0.1, 0.15) is 11.2 Å². The van der Waals surface area contributed by atoms with Crippen molar-refractivity contribution in [2.45, 2.75) is 0 Å². The Kier molecular flexibility index (Phi) is 4.03. The van der Waals surface area contributed by atoms with Crippen LogP contribution in [-0.2, 0) is 0 Å². The quantitative estimate of drug-likeness (QED) is 0.166. The van der Waals surface area contributed by atoms with E-state index in [0.29, 0.717) is 22.3 Å². The molecule has 0 radical (unpaired) electrons. The summed E-state index contributed by atoms with van der Waals surface area (Å²) in [7, 11) is 0. The lowest BCUT2D eigenvalue weighted by molar-refractivity contribution is 0.669. The molecule has 0 atom stereocenters. The van der Waals surface area contributed by atoms with E-state index >= 15 is 0 Å². The van der Waals surface area contributed by atoms with Gasteiger partial charge in [-0.2, -0.15) is 0 Å². The second-order valence-corrected chi connectivity index (χ2v) is 12.5. The molecule has 9 aromatic carbocycles. The summed E-state index contributed by atoms with van der Waals surface area (Å²) < 4.78 is 178. The third-order valence-electron chi connectivity index (χ3n) is 9.21. The van der Waals surface area contributed by atoms with E-state index in [0.717, 1.165) is 10.8 Å². The Balaban J connectivity index is 1.17. The minimum atomic E-state index is -0.937. The molecule has 2 aromatic heterocycles. The van der Waals surface area contributed by atoms with Crippen LogP contribution in [0.15, 0.2) is 192 Å². The molecule has 0 amide bonds. The van der Waals surface area contributed by atoms with Crippen molar-refractivity contribution in [3.05, 3.63) is 188 Å². The standard InChI is InChI=1S/C51H31N3O/c1-2-11-34(12-3-1)49-52-50(54-51(53-49)38-26-28-48-46(31-38)44-19-8-9-20-47(44)55-48)37-14-10-13-35(29-37)32-21-23-33(24-22-32)36-25-27-43-41-17-5-4-15-39(41)40-16-6-7-18-42(40)45(43)30-36/h1-31H/i4D,5D,6D,7D,10D,13D,14D,15D,16D,17D,18D,21D,22D,23D,24D,25D,27D,29D,30D. The topological polar surface area (TPSA) is 51.8 Å². The van der Waals surface area contributed by atoms with Crippen LogP contribution in [0.2, 0.25) is 0 Å². The van der Waals surface area contributed by atoms with Gasteiger partial charge < -0.3 is 4.42 Å². The van der Waals surface area contributed by atoms with Crippen LogP contribution in [0.4, 0.5) is 0 Å². The van der Waals surface area contributed by atoms with Crippen molar-refractivity contribution >= 4 is 54.3 Å². The lowest BCUT2D eigenvalue weighted by Gasteiger charge is -2.12. The summed E-state index contributed by atoms with van der Waals surface area (Å²) in [6, 6.07) is 6.23. The highest BCUT2D eigenvalue weighted by Gasteiger charge is 2.16. The van der Waals surface area contributed by atoms with E-state index < -0.39 is 175 Å². The van der Waals surface area contributed by atoms with Gasteiger partial charge in [-0.15, -0.1) is 0 Å². The second-order valence-electron chi connectivity index (χ2n) is 12.5. The second kappa shape index (κ2) is 12.6. The van der Waals surface area contributed by atoms with Gasteiger partial charge >= 0.3 is 0 Å². The van der Waals surface area contributed by atoms with Gasteiger partial charge in [0.25, 0.3) is 0 Å². The fraction of sp³-hybridized carbons (Fsp3) is 0. The summed E-state index contributed by atoms with van der Waals surface area (Å²) in [6.07, 6.45) is 0. The van der Waals surface area contributed by atoms with Crippen molar-refractivity contribution in [3.63, 3.8) is 0 Å². The summed E-state index contributed by atoms with van der Waals surface area (Å²) in [4.78, 5) is 14.1. The number of furan rings is 1. The van der Waals surface area contributed by atoms with Crippen molar-refractivity contribution in [1.29, 1.82) is 0 Å². The van der Waals surface area contributed by atoms with Crippen molar-refractivity contribution in [2.24, 2.45) is 0 Å². The molecule has 0 aliphatic rings. The Bertz CT molecular complexity index is 4300. The van der Waals surface area contributed by atoms with Crippen LogP contribution in [-0.4, -0.2) is 15.0 Å². The molecule has 0 spiro atoms. The van der Waals surface area contributed by atoms with E-state index in [9.17, 15) is 11.0 Å². The average molecular weight is 721 g/mol. The van der Waals surface area contributed by atoms with Crippen LogP contribution in [0.1, 0.15) is 26.0 Å². The largest absolute Gasteiger partial charge is 0.456 e. The summed E-state index contributed by atoms with van der Waals surface area (Å²) in [5.74, 6) is -0.0896. The van der Waals surface area contributed by atoms with Gasteiger partial charge in [0.15, 0.2) is 17.5 Å². The first-order valence-corrected chi connectivity index (χ1v) is 17.0. The Morgan fingerprint density at radius 1 is 0.327 bits per heavy atom. The van der Waals surface area contributed by atoms with Gasteiger partial charge in [-0.25, -0.2) is 15.0 Å². The van der Waals surface area contributed by atoms with Crippen molar-refractivity contribution in [1.82, 2.24) is 15.0 Å². The molecule has 4 heteroatoms. The van der Waals surface area contributed by atoms with Gasteiger partial charge in [0.2, 0.25) is 0 Å². The Hall–Kier alpha value is -7.43. The molecular weight excluding hydrogens is 671 g/mol. The zero-order valence-corrected chi connectivity index (χ0v) is 28.2. The number of nitrogens with zero attached hydrogens (tertiary/aromatic N) is 3. The molecular formula is C51H31N3O. The molecule has 0 bridgehead atoms. The zero-order chi connectivity index (χ0) is 52.8. The maximum Gasteiger partial charge on any atom is 0.164 e. The van der Waals surface area contributed by atoms with Gasteiger partial charge in [-0.1, -0.05) is 151 Å². The summed E-state index contributed by atoms with van der Waals surface area (Å²) >= 11 is 0. The van der Waals surface area contributed by atoms with Crippen LogP contribution in [0.3, 0.4) is 0 Å². The Morgan fingerprint density at radius 2 is 0.855 bits per heavy atom. The molecule has 11 aromatic rings. The van der Waals surface area contributed by atoms with Crippen LogP contribution in [0.25, 0.3) is 111 Å². The highest BCUT2D eigenvalue weighted by atomic mass is 16.3. The predicted octanol–water partition coefficient (Wildman–Crippen LogP) is 13.6. The average Bonchev–Trinajstić information content (AvgIpc) is 3.78. The molecule has 0 fully saturated rings. The Morgan fingerprint density at radius 3 is 1.56 bits per heavy atom. The van der Waals surface area contributed by atoms with Crippen LogP contribution in [0, 0.1) is 0 Å². The lowest BCUT2D eigenvalue weighted by atomic mass is 9.92. The number of para-hydroxylation sites is 1. The van der Waals surface area contributed by atoms with Crippen molar-refractivity contribution in [3.8, 4) is 56.4 Å². The molecule has 0 N–H and O–H groups in total. The maximum absolute atomic E-state index is 9.64. The third kappa shape index (κ3) is 5.34. The van der Waals surface area contributed by atoms with E-state index in [1.165, 1.54) is 0 Å². The molecule has 2 heterocycles. The zero-order valence-electron chi connectivity index (χ0n) is 47.2. The van der Waals surface area contributed by atoms with Crippen molar-refractivity contribution < 1.29 is 30.5 Å². The summed E-state index contributed by atoms with van der Waals surface area (Å²) in [6.45, 7) is 0. The van der Waals surface area contributed by atoms with Gasteiger partial charge in [0, 0.05) is 27.5 Å². The first-order valence-electron chi connectivity index (χ1n) is 26.5. The van der Waals surface area contributed by atoms with E-state index in [1.54, 1.807) is 42.5 Å². The highest BCUT2D eigenvalue weighted by Crippen LogP contribution is 2.38. The molecule has 55 heavy (non-hydrogen) atoms. The summed E-state index contributed by atoms with van der Waals surface area (Å²) in [5.41, 5.74) is -0.883. The molecule has 0 aliphatic heterocycles. The van der Waals surface area contributed by atoms with Crippen LogP contribution < -0.4 is 0 Å². The van der Waals surface area contributed by atoms with Crippen LogP contribution >= 0.6 is 0 Å². The fourth-order valence-electron chi connectivity index (χ4n) is 6.62. The number of aromatic nitrogens is 3. The monoisotopic (exact) mass is 720 g/mol. The first kappa shape index (κ1) is 17.6. The van der Waals surface area contributed by atoms with Gasteiger partial charge in [0.05, 0.1) is 26.0 Å². The molecule has 0 aliphatic carbocycles. The SMILES string of the molecule is [2H]c1c([2H])c(-c2nc(-c3ccccc3)nc(-c3ccc4oc5ccccc5c4c3)n2)c([2H])c(-c2c([2H])c([2H])c(-c3c([2H])c([2H])c4c5c([2H])c([2H])c([2H])c([2H])c5c5c([2H])c([2H])c([2H])c([2H])c5c4c3[2H])c([2H])c2[2H])c1[2H]. The molecule has 0 saturated carbocycles.